The standard InChI is InChI=1S/C14H26N2O2.C2H6.CH4.H2/c1-7-8-11(9(2)3)13(17)16-12(10(4)5)14(18)15-6;1-2;;/h7-12H,1-6H3,(H,15,18)(H,16,17);1-2H3;1H4;1H/t11-,12-;;;/m0.../s1. The van der Waals surface area contributed by atoms with Gasteiger partial charge in [0.15, 0.2) is 0 Å². The first kappa shape index (κ1) is 24.7. The molecule has 4 nitrogen and oxygen atoms in total. The van der Waals surface area contributed by atoms with Crippen LogP contribution in [-0.4, -0.2) is 24.9 Å². The number of likely N-dealkylation sites (N-methyl/N-ethyl adjacent to an activating group) is 1. The molecule has 0 rings (SSSR count). The van der Waals surface area contributed by atoms with Crippen molar-refractivity contribution in [2.24, 2.45) is 17.8 Å². The fraction of sp³-hybridized carbons (Fsp3) is 0.765. The third-order valence-corrected chi connectivity index (χ3v) is 2.91. The predicted molar refractivity (Wildman–Crippen MR) is 94.2 cm³/mol. The fourth-order valence-electron chi connectivity index (χ4n) is 1.76. The summed E-state index contributed by atoms with van der Waals surface area (Å²) in [6, 6.07) is -0.478. The molecule has 0 aliphatic carbocycles. The third kappa shape index (κ3) is 9.27. The number of nitrogens with one attached hydrogen (secondary N) is 2. The molecule has 0 saturated carbocycles. The van der Waals surface area contributed by atoms with Gasteiger partial charge in [-0.2, -0.15) is 0 Å². The minimum absolute atomic E-state index is 0. The Morgan fingerprint density at radius 2 is 1.48 bits per heavy atom. The van der Waals surface area contributed by atoms with E-state index >= 15 is 0 Å². The molecule has 0 aliphatic rings. The normalized spacial score (nSPS) is 13.0. The number of amides is 2. The molecule has 21 heavy (non-hydrogen) atoms. The smallest absolute Gasteiger partial charge is 0.242 e. The van der Waals surface area contributed by atoms with Crippen LogP contribution in [0.4, 0.5) is 0 Å². The SMILES string of the molecule is C.CC.CC=C[C@H](C(=O)N[C@H](C(=O)NC)C(C)C)C(C)C.[HH]. The van der Waals surface area contributed by atoms with Crippen LogP contribution in [0.1, 0.15) is 57.3 Å². The molecule has 0 fully saturated rings. The van der Waals surface area contributed by atoms with Crippen molar-refractivity contribution >= 4 is 11.8 Å². The summed E-state index contributed by atoms with van der Waals surface area (Å²) in [6.07, 6.45) is 3.75. The molecule has 0 aromatic rings. The van der Waals surface area contributed by atoms with E-state index < -0.39 is 6.04 Å². The molecule has 2 atom stereocenters. The van der Waals surface area contributed by atoms with Crippen LogP contribution >= 0.6 is 0 Å². The maximum absolute atomic E-state index is 12.2. The van der Waals surface area contributed by atoms with Gasteiger partial charge in [-0.15, -0.1) is 0 Å². The van der Waals surface area contributed by atoms with Crippen molar-refractivity contribution in [3.63, 3.8) is 0 Å². The van der Waals surface area contributed by atoms with E-state index in [0.29, 0.717) is 0 Å². The van der Waals surface area contributed by atoms with Crippen LogP contribution in [0, 0.1) is 17.8 Å². The maximum Gasteiger partial charge on any atom is 0.242 e. The predicted octanol–water partition coefficient (Wildman–Crippen LogP) is 3.63. The summed E-state index contributed by atoms with van der Waals surface area (Å²) >= 11 is 0. The minimum Gasteiger partial charge on any atom is -0.357 e. The van der Waals surface area contributed by atoms with E-state index in [-0.39, 0.29) is 38.4 Å². The van der Waals surface area contributed by atoms with Crippen molar-refractivity contribution in [3.05, 3.63) is 12.2 Å². The zero-order valence-corrected chi connectivity index (χ0v) is 14.3. The topological polar surface area (TPSA) is 58.2 Å². The molecular weight excluding hydrogens is 264 g/mol. The average molecular weight is 303 g/mol. The molecule has 0 radical (unpaired) electrons. The Morgan fingerprint density at radius 3 is 1.76 bits per heavy atom. The van der Waals surface area contributed by atoms with Gasteiger partial charge in [-0.05, 0) is 18.8 Å². The number of rotatable bonds is 6. The highest BCUT2D eigenvalue weighted by atomic mass is 16.2. The van der Waals surface area contributed by atoms with Crippen LogP contribution in [0.5, 0.6) is 0 Å². The molecule has 0 unspecified atom stereocenters. The number of hydrogen-bond acceptors (Lipinski definition) is 2. The van der Waals surface area contributed by atoms with Crippen LogP contribution in [-0.2, 0) is 9.59 Å². The zero-order chi connectivity index (χ0) is 16.3. The van der Waals surface area contributed by atoms with Crippen molar-refractivity contribution < 1.29 is 11.0 Å². The monoisotopic (exact) mass is 302 g/mol. The summed E-state index contributed by atoms with van der Waals surface area (Å²) in [7, 11) is 1.58. The Hall–Kier alpha value is -1.32. The Labute approximate surface area is 133 Å². The molecule has 2 amide bonds. The second kappa shape index (κ2) is 13.7. The lowest BCUT2D eigenvalue weighted by atomic mass is 9.93. The Morgan fingerprint density at radius 1 is 1.00 bits per heavy atom. The van der Waals surface area contributed by atoms with Gasteiger partial charge in [0.25, 0.3) is 0 Å². The maximum atomic E-state index is 12.2. The van der Waals surface area contributed by atoms with Crippen LogP contribution in [0.15, 0.2) is 12.2 Å². The molecule has 0 heterocycles. The van der Waals surface area contributed by atoms with Crippen molar-refractivity contribution in [2.45, 2.75) is 61.9 Å². The van der Waals surface area contributed by atoms with Gasteiger partial charge in [0.2, 0.25) is 11.8 Å². The van der Waals surface area contributed by atoms with Crippen LogP contribution in [0.2, 0.25) is 0 Å². The zero-order valence-electron chi connectivity index (χ0n) is 14.3. The molecule has 2 N–H and O–H groups in total. The van der Waals surface area contributed by atoms with Gasteiger partial charge in [-0.25, -0.2) is 0 Å². The lowest BCUT2D eigenvalue weighted by Gasteiger charge is -2.24. The molecule has 0 aromatic carbocycles. The van der Waals surface area contributed by atoms with Gasteiger partial charge in [0, 0.05) is 8.47 Å². The van der Waals surface area contributed by atoms with Gasteiger partial charge in [-0.1, -0.05) is 61.1 Å². The lowest BCUT2D eigenvalue weighted by molar-refractivity contribution is -0.131. The first-order chi connectivity index (χ1) is 9.34. The van der Waals surface area contributed by atoms with Gasteiger partial charge < -0.3 is 10.6 Å². The van der Waals surface area contributed by atoms with E-state index in [1.807, 2.05) is 60.6 Å². The van der Waals surface area contributed by atoms with E-state index in [4.69, 9.17) is 0 Å². The van der Waals surface area contributed by atoms with Gasteiger partial charge in [-0.3, -0.25) is 9.59 Å². The fourth-order valence-corrected chi connectivity index (χ4v) is 1.76. The van der Waals surface area contributed by atoms with Crippen molar-refractivity contribution in [1.82, 2.24) is 10.6 Å². The van der Waals surface area contributed by atoms with E-state index in [1.165, 1.54) is 0 Å². The van der Waals surface area contributed by atoms with Crippen LogP contribution < -0.4 is 10.6 Å². The Bertz CT molecular complexity index is 316. The molecule has 0 saturated heterocycles. The van der Waals surface area contributed by atoms with Crippen molar-refractivity contribution in [3.8, 4) is 0 Å². The average Bonchev–Trinajstić information content (AvgIpc) is 2.42. The highest BCUT2D eigenvalue weighted by Crippen LogP contribution is 2.14. The number of carbonyl (C=O) groups excluding carboxylic acids is 2. The van der Waals surface area contributed by atoms with Crippen molar-refractivity contribution in [2.75, 3.05) is 7.05 Å². The summed E-state index contributed by atoms with van der Waals surface area (Å²) in [5, 5.41) is 5.41. The first-order valence-electron chi connectivity index (χ1n) is 7.49. The molecule has 4 heteroatoms. The molecule has 0 spiro atoms. The second-order valence-corrected chi connectivity index (χ2v) is 5.14. The summed E-state index contributed by atoms with van der Waals surface area (Å²) < 4.78 is 0. The quantitative estimate of drug-likeness (QED) is 0.736. The summed E-state index contributed by atoms with van der Waals surface area (Å²) in [5.41, 5.74) is 0. The van der Waals surface area contributed by atoms with E-state index in [1.54, 1.807) is 7.05 Å². The highest BCUT2D eigenvalue weighted by molar-refractivity contribution is 5.89. The number of hydrogen-bond donors (Lipinski definition) is 2. The van der Waals surface area contributed by atoms with Gasteiger partial charge >= 0.3 is 0 Å². The van der Waals surface area contributed by atoms with E-state index in [2.05, 4.69) is 10.6 Å². The number of allylic oxidation sites excluding steroid dienone is 1. The van der Waals surface area contributed by atoms with Crippen LogP contribution in [0.3, 0.4) is 0 Å². The molecular formula is C17H38N2O2. The highest BCUT2D eigenvalue weighted by Gasteiger charge is 2.27. The summed E-state index contributed by atoms with van der Waals surface area (Å²) in [6.45, 7) is 13.7. The number of carbonyl (C=O) groups is 2. The summed E-state index contributed by atoms with van der Waals surface area (Å²) in [4.78, 5) is 23.9. The molecule has 128 valence electrons. The minimum atomic E-state index is -0.478. The molecule has 0 aromatic heterocycles. The largest absolute Gasteiger partial charge is 0.357 e. The Kier molecular flexibility index (Phi) is 16.0. The summed E-state index contributed by atoms with van der Waals surface area (Å²) in [5.74, 6) is -0.168. The second-order valence-electron chi connectivity index (χ2n) is 5.14. The van der Waals surface area contributed by atoms with Gasteiger partial charge in [0.1, 0.15) is 6.04 Å². The van der Waals surface area contributed by atoms with E-state index in [9.17, 15) is 9.59 Å². The Balaban J connectivity index is -0.000000387. The van der Waals surface area contributed by atoms with Crippen molar-refractivity contribution in [1.29, 1.82) is 0 Å². The van der Waals surface area contributed by atoms with Gasteiger partial charge in [0.05, 0.1) is 5.92 Å². The molecule has 0 aliphatic heterocycles. The molecule has 0 bridgehead atoms. The lowest BCUT2D eigenvalue weighted by Crippen LogP contribution is -2.50. The van der Waals surface area contributed by atoms with E-state index in [0.717, 1.165) is 0 Å². The first-order valence-corrected chi connectivity index (χ1v) is 7.49. The van der Waals surface area contributed by atoms with Crippen LogP contribution in [0.25, 0.3) is 0 Å². The third-order valence-electron chi connectivity index (χ3n) is 2.91.